The first-order valence-electron chi connectivity index (χ1n) is 5.41. The summed E-state index contributed by atoms with van der Waals surface area (Å²) in [5.41, 5.74) is 0. The molecule has 0 aromatic rings. The summed E-state index contributed by atoms with van der Waals surface area (Å²) in [7, 11) is 0. The van der Waals surface area contributed by atoms with Gasteiger partial charge in [0.15, 0.2) is 0 Å². The monoisotopic (exact) mass is 203 g/mol. The fourth-order valence-electron chi connectivity index (χ4n) is 1.35. The van der Waals surface area contributed by atoms with E-state index in [1.165, 1.54) is 12.2 Å². The van der Waals surface area contributed by atoms with E-state index < -0.39 is 0 Å². The zero-order valence-electron chi connectivity index (χ0n) is 9.76. The van der Waals surface area contributed by atoms with Gasteiger partial charge in [0.1, 0.15) is 0 Å². The quantitative estimate of drug-likeness (QED) is 0.682. The molecule has 2 heteroatoms. The first-order valence-corrected chi connectivity index (χ1v) is 6.46. The Morgan fingerprint density at radius 1 is 1.15 bits per heavy atom. The molecule has 0 aromatic carbocycles. The van der Waals surface area contributed by atoms with Crippen LogP contribution in [0.2, 0.25) is 0 Å². The minimum atomic E-state index is 0.666. The van der Waals surface area contributed by atoms with Crippen molar-refractivity contribution >= 4 is 11.8 Å². The van der Waals surface area contributed by atoms with Crippen LogP contribution in [0.25, 0.3) is 0 Å². The summed E-state index contributed by atoms with van der Waals surface area (Å²) >= 11 is 2.10. The molecule has 2 unspecified atom stereocenters. The van der Waals surface area contributed by atoms with Crippen LogP contribution in [0.4, 0.5) is 0 Å². The van der Waals surface area contributed by atoms with E-state index in [0.29, 0.717) is 6.04 Å². The zero-order chi connectivity index (χ0) is 10.3. The Hall–Kier alpha value is 0.310. The maximum absolute atomic E-state index is 3.45. The lowest BCUT2D eigenvalue weighted by Gasteiger charge is -2.18. The number of nitrogens with one attached hydrogen (secondary N) is 1. The van der Waals surface area contributed by atoms with Crippen LogP contribution in [0, 0.1) is 5.92 Å². The molecule has 0 fully saturated rings. The van der Waals surface area contributed by atoms with Crippen LogP contribution in [0.5, 0.6) is 0 Å². The molecular weight excluding hydrogens is 178 g/mol. The smallest absolute Gasteiger partial charge is 0.00490 e. The van der Waals surface area contributed by atoms with Gasteiger partial charge in [0, 0.05) is 11.3 Å². The highest BCUT2D eigenvalue weighted by Gasteiger charge is 2.08. The van der Waals surface area contributed by atoms with Gasteiger partial charge in [-0.05, 0) is 31.6 Å². The summed E-state index contributed by atoms with van der Waals surface area (Å²) in [6.07, 6.45) is 1.28. The molecule has 2 atom stereocenters. The second-order valence-corrected chi connectivity index (χ2v) is 5.70. The van der Waals surface area contributed by atoms with Gasteiger partial charge in [-0.2, -0.15) is 11.8 Å². The van der Waals surface area contributed by atoms with Crippen molar-refractivity contribution in [1.82, 2.24) is 5.32 Å². The van der Waals surface area contributed by atoms with Crippen LogP contribution in [0.1, 0.15) is 41.0 Å². The van der Waals surface area contributed by atoms with Crippen molar-refractivity contribution in [2.24, 2.45) is 5.92 Å². The van der Waals surface area contributed by atoms with Crippen LogP contribution >= 0.6 is 11.8 Å². The molecule has 0 aromatic heterocycles. The number of hydrogen-bond acceptors (Lipinski definition) is 2. The molecule has 13 heavy (non-hydrogen) atoms. The maximum Gasteiger partial charge on any atom is 0.00490 e. The van der Waals surface area contributed by atoms with Crippen LogP contribution in [-0.4, -0.2) is 23.6 Å². The molecular formula is C11H25NS. The topological polar surface area (TPSA) is 12.0 Å². The maximum atomic E-state index is 3.45. The summed E-state index contributed by atoms with van der Waals surface area (Å²) < 4.78 is 0. The molecule has 0 rings (SSSR count). The normalized spacial score (nSPS) is 16.2. The Kier molecular flexibility index (Phi) is 7.87. The van der Waals surface area contributed by atoms with Crippen molar-refractivity contribution in [3.8, 4) is 0 Å². The third kappa shape index (κ3) is 8.63. The molecule has 0 amide bonds. The molecule has 0 saturated carbocycles. The van der Waals surface area contributed by atoms with Crippen molar-refractivity contribution in [3.63, 3.8) is 0 Å². The predicted octanol–water partition coefficient (Wildman–Crippen LogP) is 3.15. The standard InChI is InChI=1S/C11H25NS/c1-6-12-10(4)7-11(5)13-8-9(2)3/h9-12H,6-8H2,1-5H3. The van der Waals surface area contributed by atoms with E-state index in [-0.39, 0.29) is 0 Å². The van der Waals surface area contributed by atoms with Crippen LogP contribution in [0.3, 0.4) is 0 Å². The average molecular weight is 203 g/mol. The minimum Gasteiger partial charge on any atom is -0.314 e. The van der Waals surface area contributed by atoms with Crippen molar-refractivity contribution < 1.29 is 0 Å². The molecule has 0 aliphatic rings. The predicted molar refractivity (Wildman–Crippen MR) is 64.5 cm³/mol. The van der Waals surface area contributed by atoms with E-state index in [9.17, 15) is 0 Å². The molecule has 0 aliphatic heterocycles. The highest BCUT2D eigenvalue weighted by atomic mass is 32.2. The van der Waals surface area contributed by atoms with E-state index >= 15 is 0 Å². The third-order valence-corrected chi connectivity index (χ3v) is 3.57. The van der Waals surface area contributed by atoms with Crippen LogP contribution < -0.4 is 5.32 Å². The summed E-state index contributed by atoms with van der Waals surface area (Å²) in [5, 5.41) is 4.24. The lowest BCUT2D eigenvalue weighted by molar-refractivity contribution is 0.529. The van der Waals surface area contributed by atoms with Crippen LogP contribution in [-0.2, 0) is 0 Å². The minimum absolute atomic E-state index is 0.666. The van der Waals surface area contributed by atoms with E-state index in [1.807, 2.05) is 0 Å². The number of rotatable bonds is 7. The van der Waals surface area contributed by atoms with Crippen molar-refractivity contribution in [2.45, 2.75) is 52.3 Å². The van der Waals surface area contributed by atoms with Gasteiger partial charge >= 0.3 is 0 Å². The lowest BCUT2D eigenvalue weighted by Crippen LogP contribution is -2.28. The SMILES string of the molecule is CCNC(C)CC(C)SCC(C)C. The molecule has 0 aliphatic carbocycles. The fourth-order valence-corrected chi connectivity index (χ4v) is 2.49. The van der Waals surface area contributed by atoms with Gasteiger partial charge in [-0.15, -0.1) is 0 Å². The summed E-state index contributed by atoms with van der Waals surface area (Å²) in [4.78, 5) is 0. The highest BCUT2D eigenvalue weighted by Crippen LogP contribution is 2.18. The largest absolute Gasteiger partial charge is 0.314 e. The van der Waals surface area contributed by atoms with Crippen LogP contribution in [0.15, 0.2) is 0 Å². The van der Waals surface area contributed by atoms with Crippen molar-refractivity contribution in [3.05, 3.63) is 0 Å². The molecule has 80 valence electrons. The lowest BCUT2D eigenvalue weighted by atomic mass is 10.2. The van der Waals surface area contributed by atoms with Gasteiger partial charge in [-0.25, -0.2) is 0 Å². The van der Waals surface area contributed by atoms with Gasteiger partial charge in [0.05, 0.1) is 0 Å². The molecule has 1 nitrogen and oxygen atoms in total. The van der Waals surface area contributed by atoms with Gasteiger partial charge in [-0.3, -0.25) is 0 Å². The van der Waals surface area contributed by atoms with Crippen molar-refractivity contribution in [1.29, 1.82) is 0 Å². The molecule has 1 N–H and O–H groups in total. The summed E-state index contributed by atoms with van der Waals surface area (Å²) in [6, 6.07) is 0.666. The van der Waals surface area contributed by atoms with Gasteiger partial charge < -0.3 is 5.32 Å². The first-order chi connectivity index (χ1) is 6.06. The Labute approximate surface area is 88.1 Å². The molecule has 0 heterocycles. The second-order valence-electron chi connectivity index (χ2n) is 4.23. The van der Waals surface area contributed by atoms with Gasteiger partial charge in [-0.1, -0.05) is 27.7 Å². The Bertz CT molecular complexity index is 115. The highest BCUT2D eigenvalue weighted by molar-refractivity contribution is 7.99. The summed E-state index contributed by atoms with van der Waals surface area (Å²) in [5.74, 6) is 2.11. The van der Waals surface area contributed by atoms with Gasteiger partial charge in [0.25, 0.3) is 0 Å². The van der Waals surface area contributed by atoms with Gasteiger partial charge in [0.2, 0.25) is 0 Å². The van der Waals surface area contributed by atoms with Crippen molar-refractivity contribution in [2.75, 3.05) is 12.3 Å². The Morgan fingerprint density at radius 3 is 2.23 bits per heavy atom. The molecule has 0 saturated heterocycles. The Morgan fingerprint density at radius 2 is 1.77 bits per heavy atom. The summed E-state index contributed by atoms with van der Waals surface area (Å²) in [6.45, 7) is 12.4. The van der Waals surface area contributed by atoms with E-state index in [1.54, 1.807) is 0 Å². The average Bonchev–Trinajstić information content (AvgIpc) is 2.01. The molecule has 0 spiro atoms. The molecule has 0 bridgehead atoms. The molecule has 0 radical (unpaired) electrons. The van der Waals surface area contributed by atoms with E-state index in [2.05, 4.69) is 51.7 Å². The van der Waals surface area contributed by atoms with E-state index in [0.717, 1.165) is 17.7 Å². The Balaban J connectivity index is 3.43. The number of hydrogen-bond donors (Lipinski definition) is 1. The fraction of sp³-hybridized carbons (Fsp3) is 1.00. The third-order valence-electron chi connectivity index (χ3n) is 1.95. The zero-order valence-corrected chi connectivity index (χ0v) is 10.6. The van der Waals surface area contributed by atoms with E-state index in [4.69, 9.17) is 0 Å². The second kappa shape index (κ2) is 7.69. The number of thioether (sulfide) groups is 1. The first kappa shape index (κ1) is 13.3.